The molecule has 6 heteroatoms. The third-order valence-electron chi connectivity index (χ3n) is 5.29. The molecule has 6 nitrogen and oxygen atoms in total. The van der Waals surface area contributed by atoms with Gasteiger partial charge in [-0.2, -0.15) is 0 Å². The SMILES string of the molecule is CN(C)c1ccc(CN2C[C@@]34C=C[C@@H](O3)[C@H](C(=O)O)[C@H]4C2=O)cc1. The van der Waals surface area contributed by atoms with E-state index in [1.165, 1.54) is 0 Å². The van der Waals surface area contributed by atoms with E-state index in [2.05, 4.69) is 0 Å². The molecule has 3 aliphatic rings. The number of ether oxygens (including phenoxy) is 1. The van der Waals surface area contributed by atoms with Gasteiger partial charge in [0.05, 0.1) is 18.6 Å². The number of fused-ring (bicyclic) bond motifs is 1. The minimum Gasteiger partial charge on any atom is -0.481 e. The maximum Gasteiger partial charge on any atom is 0.310 e. The van der Waals surface area contributed by atoms with Crippen molar-refractivity contribution in [3.63, 3.8) is 0 Å². The lowest BCUT2D eigenvalue weighted by Crippen LogP contribution is -2.39. The van der Waals surface area contributed by atoms with Crippen LogP contribution in [0.2, 0.25) is 0 Å². The summed E-state index contributed by atoms with van der Waals surface area (Å²) < 4.78 is 5.89. The van der Waals surface area contributed by atoms with Crippen LogP contribution in [0.5, 0.6) is 0 Å². The average Bonchev–Trinajstić information content (AvgIpc) is 3.16. The molecule has 2 saturated heterocycles. The zero-order chi connectivity index (χ0) is 17.1. The summed E-state index contributed by atoms with van der Waals surface area (Å²) in [6.07, 6.45) is 3.20. The van der Waals surface area contributed by atoms with Crippen molar-refractivity contribution in [2.75, 3.05) is 25.5 Å². The van der Waals surface area contributed by atoms with Crippen LogP contribution in [0.3, 0.4) is 0 Å². The summed E-state index contributed by atoms with van der Waals surface area (Å²) >= 11 is 0. The summed E-state index contributed by atoms with van der Waals surface area (Å²) in [5.74, 6) is -2.46. The highest BCUT2D eigenvalue weighted by Crippen LogP contribution is 2.52. The fraction of sp³-hybridized carbons (Fsp3) is 0.444. The number of benzene rings is 1. The first-order chi connectivity index (χ1) is 11.4. The summed E-state index contributed by atoms with van der Waals surface area (Å²) in [7, 11) is 3.96. The molecule has 2 fully saturated rings. The van der Waals surface area contributed by atoms with Gasteiger partial charge in [-0.3, -0.25) is 9.59 Å². The van der Waals surface area contributed by atoms with Crippen molar-refractivity contribution in [3.05, 3.63) is 42.0 Å². The van der Waals surface area contributed by atoms with Gasteiger partial charge in [0.25, 0.3) is 0 Å². The number of anilines is 1. The van der Waals surface area contributed by atoms with Crippen LogP contribution in [-0.4, -0.2) is 54.2 Å². The van der Waals surface area contributed by atoms with Gasteiger partial charge in [0, 0.05) is 26.3 Å². The van der Waals surface area contributed by atoms with Crippen LogP contribution in [-0.2, 0) is 20.9 Å². The normalized spacial score (nSPS) is 33.2. The molecule has 0 saturated carbocycles. The van der Waals surface area contributed by atoms with Crippen LogP contribution in [0.25, 0.3) is 0 Å². The van der Waals surface area contributed by atoms with Crippen molar-refractivity contribution in [1.82, 2.24) is 4.90 Å². The standard InChI is InChI=1S/C18H20N2O4/c1-19(2)12-5-3-11(4-6-12)9-20-10-18-8-7-13(24-18)14(17(22)23)15(18)16(20)21/h3-8,13-15H,9-10H2,1-2H3,(H,22,23)/t13-,14+,15+,18-/m1/s1. The number of carboxylic acids is 1. The van der Waals surface area contributed by atoms with E-state index in [1.807, 2.05) is 49.3 Å². The first-order valence-electron chi connectivity index (χ1n) is 8.06. The Morgan fingerprint density at radius 1 is 1.38 bits per heavy atom. The molecule has 126 valence electrons. The highest BCUT2D eigenvalue weighted by molar-refractivity contribution is 5.90. The Bertz CT molecular complexity index is 727. The maximum atomic E-state index is 12.8. The number of carbonyl (C=O) groups is 2. The molecule has 0 radical (unpaired) electrons. The second-order valence-corrected chi connectivity index (χ2v) is 6.99. The predicted molar refractivity (Wildman–Crippen MR) is 87.5 cm³/mol. The van der Waals surface area contributed by atoms with Gasteiger partial charge in [-0.05, 0) is 17.7 Å². The number of aliphatic carboxylic acids is 1. The third kappa shape index (κ3) is 2.06. The van der Waals surface area contributed by atoms with Gasteiger partial charge in [0.1, 0.15) is 11.5 Å². The highest BCUT2D eigenvalue weighted by Gasteiger charge is 2.66. The molecule has 0 aliphatic carbocycles. The molecule has 1 N–H and O–H groups in total. The van der Waals surface area contributed by atoms with Crippen molar-refractivity contribution in [3.8, 4) is 0 Å². The predicted octanol–water partition coefficient (Wildman–Crippen LogP) is 1.12. The molecule has 0 aromatic heterocycles. The highest BCUT2D eigenvalue weighted by atomic mass is 16.5. The topological polar surface area (TPSA) is 70.1 Å². The molecule has 1 amide bonds. The number of hydrogen-bond acceptors (Lipinski definition) is 4. The third-order valence-corrected chi connectivity index (χ3v) is 5.29. The Labute approximate surface area is 140 Å². The molecule has 1 spiro atoms. The number of carbonyl (C=O) groups excluding carboxylic acids is 1. The van der Waals surface area contributed by atoms with Gasteiger partial charge >= 0.3 is 5.97 Å². The monoisotopic (exact) mass is 328 g/mol. The van der Waals surface area contributed by atoms with Crippen molar-refractivity contribution in [1.29, 1.82) is 0 Å². The number of amides is 1. The second kappa shape index (κ2) is 5.08. The van der Waals surface area contributed by atoms with E-state index in [0.29, 0.717) is 13.1 Å². The fourth-order valence-corrected chi connectivity index (χ4v) is 4.11. The largest absolute Gasteiger partial charge is 0.481 e. The van der Waals surface area contributed by atoms with Crippen molar-refractivity contribution in [2.45, 2.75) is 18.2 Å². The van der Waals surface area contributed by atoms with Crippen LogP contribution >= 0.6 is 0 Å². The van der Waals surface area contributed by atoms with E-state index in [4.69, 9.17) is 4.74 Å². The first kappa shape index (κ1) is 15.2. The second-order valence-electron chi connectivity index (χ2n) is 6.99. The van der Waals surface area contributed by atoms with E-state index in [-0.39, 0.29) is 5.91 Å². The number of hydrogen-bond donors (Lipinski definition) is 1. The molecule has 1 aromatic carbocycles. The molecule has 3 heterocycles. The van der Waals surface area contributed by atoms with Crippen LogP contribution in [0, 0.1) is 11.8 Å². The Hall–Kier alpha value is -2.34. The number of likely N-dealkylation sites (tertiary alicyclic amines) is 1. The Kier molecular flexibility index (Phi) is 3.22. The van der Waals surface area contributed by atoms with Crippen LogP contribution in [0.15, 0.2) is 36.4 Å². The molecular weight excluding hydrogens is 308 g/mol. The molecule has 0 unspecified atom stereocenters. The lowest BCUT2D eigenvalue weighted by atomic mass is 9.77. The Morgan fingerprint density at radius 2 is 2.08 bits per heavy atom. The Morgan fingerprint density at radius 3 is 2.71 bits per heavy atom. The van der Waals surface area contributed by atoms with Crippen LogP contribution < -0.4 is 4.90 Å². The van der Waals surface area contributed by atoms with E-state index in [0.717, 1.165) is 11.3 Å². The molecule has 1 aromatic rings. The van der Waals surface area contributed by atoms with Gasteiger partial charge in [0.2, 0.25) is 5.91 Å². The summed E-state index contributed by atoms with van der Waals surface area (Å²) in [4.78, 5) is 28.1. The number of nitrogens with zero attached hydrogens (tertiary/aromatic N) is 2. The zero-order valence-electron chi connectivity index (χ0n) is 13.7. The summed E-state index contributed by atoms with van der Waals surface area (Å²) in [6, 6.07) is 8.02. The van der Waals surface area contributed by atoms with Gasteiger partial charge in [-0.15, -0.1) is 0 Å². The lowest BCUT2D eigenvalue weighted by molar-refractivity contribution is -0.148. The number of rotatable bonds is 4. The van der Waals surface area contributed by atoms with E-state index >= 15 is 0 Å². The van der Waals surface area contributed by atoms with Crippen molar-refractivity contribution in [2.24, 2.45) is 11.8 Å². The average molecular weight is 328 g/mol. The molecule has 24 heavy (non-hydrogen) atoms. The fourth-order valence-electron chi connectivity index (χ4n) is 4.11. The quantitative estimate of drug-likeness (QED) is 0.839. The van der Waals surface area contributed by atoms with E-state index in [9.17, 15) is 14.7 Å². The minimum absolute atomic E-state index is 0.120. The first-order valence-corrected chi connectivity index (χ1v) is 8.06. The number of carboxylic acid groups (broad SMARTS) is 1. The molecule has 4 rings (SSSR count). The Balaban J connectivity index is 1.55. The van der Waals surface area contributed by atoms with Gasteiger partial charge in [-0.25, -0.2) is 0 Å². The van der Waals surface area contributed by atoms with Gasteiger partial charge in [0.15, 0.2) is 0 Å². The lowest BCUT2D eigenvalue weighted by Gasteiger charge is -2.21. The molecule has 4 atom stereocenters. The van der Waals surface area contributed by atoms with Crippen LogP contribution in [0.1, 0.15) is 5.56 Å². The van der Waals surface area contributed by atoms with E-state index < -0.39 is 29.5 Å². The molecule has 3 aliphatic heterocycles. The van der Waals surface area contributed by atoms with Crippen molar-refractivity contribution >= 4 is 17.6 Å². The van der Waals surface area contributed by atoms with Gasteiger partial charge < -0.3 is 19.6 Å². The zero-order valence-corrected chi connectivity index (χ0v) is 13.7. The van der Waals surface area contributed by atoms with E-state index in [1.54, 1.807) is 11.0 Å². The minimum atomic E-state index is -0.957. The smallest absolute Gasteiger partial charge is 0.310 e. The molecular formula is C18H20N2O4. The van der Waals surface area contributed by atoms with Crippen molar-refractivity contribution < 1.29 is 19.4 Å². The van der Waals surface area contributed by atoms with Gasteiger partial charge in [-0.1, -0.05) is 24.3 Å². The summed E-state index contributed by atoms with van der Waals surface area (Å²) in [6.45, 7) is 0.891. The molecule has 2 bridgehead atoms. The maximum absolute atomic E-state index is 12.8. The summed E-state index contributed by atoms with van der Waals surface area (Å²) in [5.41, 5.74) is 1.36. The van der Waals surface area contributed by atoms with Crippen LogP contribution in [0.4, 0.5) is 5.69 Å². The summed E-state index contributed by atoms with van der Waals surface area (Å²) in [5, 5.41) is 9.47.